The van der Waals surface area contributed by atoms with Gasteiger partial charge in [-0.25, -0.2) is 19.2 Å². The Morgan fingerprint density at radius 3 is 0.262 bits per heavy atom. The normalized spacial score (nSPS) is 11.0. The molecule has 724 valence electrons. The van der Waals surface area contributed by atoms with Crippen molar-refractivity contribution < 1.29 is 38.1 Å². The highest BCUT2D eigenvalue weighted by Crippen LogP contribution is 2.23. The maximum Gasteiger partial charge on any atom is 0.333 e. The maximum absolute atomic E-state index is 11.3. The van der Waals surface area contributed by atoms with Crippen molar-refractivity contribution in [2.45, 2.75) is 633 Å². The summed E-state index contributed by atoms with van der Waals surface area (Å²) in [6, 6.07) is 0. The highest BCUT2D eigenvalue weighted by molar-refractivity contribution is 5.88. The zero-order valence-electron chi connectivity index (χ0n) is 84.6. The molecule has 0 rings (SSSR count). The van der Waals surface area contributed by atoms with Crippen LogP contribution in [0.25, 0.3) is 0 Å². The van der Waals surface area contributed by atoms with Crippen LogP contribution in [0.2, 0.25) is 0 Å². The minimum atomic E-state index is -0.252. The number of carbonyl (C=O) groups excluding carboxylic acids is 4. The fourth-order valence-corrected chi connectivity index (χ4v) is 16.3. The first-order chi connectivity index (χ1) is 59.7. The van der Waals surface area contributed by atoms with Gasteiger partial charge in [0.25, 0.3) is 0 Å². The molecular formula is C114H220O8. The molecule has 0 N–H and O–H groups in total. The summed E-state index contributed by atoms with van der Waals surface area (Å²) in [5.74, 6) is -1.01. The van der Waals surface area contributed by atoms with Crippen LogP contribution in [0.5, 0.6) is 0 Å². The lowest BCUT2D eigenvalue weighted by molar-refractivity contribution is -0.139. The summed E-state index contributed by atoms with van der Waals surface area (Å²) in [5.41, 5.74) is 1.98. The standard InChI is InChI=1S/C30H58O2.C29H56O2.C28H54O2.C27H52O2/c1-4-5-6-7-8-9-10-11-12-13-14-15-16-17-18-19-20-21-22-23-24-25-26-27-28-32-30(31)29(2)3;1-4-5-6-7-8-9-10-11-12-13-14-15-16-17-18-19-20-21-22-23-24-25-26-27-31-29(30)28(2)3;1-4-5-6-7-8-9-10-11-12-13-14-15-16-17-18-19-20-21-22-23-24-25-26-30-28(29)27(2)3;1-4-5-6-7-8-9-10-11-12-13-14-15-16-17-18-19-20-21-22-23-24-25-29-27(28)26(2)3/h2,4-28H2,1,3H3;2,4-27H2,1,3H3;2,4-26H2,1,3H3;2,4-25H2,1,3H3. The second kappa shape index (κ2) is 114. The molecule has 0 atom stereocenters. The molecule has 0 aromatic carbocycles. The van der Waals surface area contributed by atoms with Crippen LogP contribution in [0.3, 0.4) is 0 Å². The topological polar surface area (TPSA) is 105 Å². The first-order valence-electron chi connectivity index (χ1n) is 55.0. The molecular weight excluding hydrogens is 1500 g/mol. The van der Waals surface area contributed by atoms with Crippen LogP contribution in [0, 0.1) is 0 Å². The van der Waals surface area contributed by atoms with Gasteiger partial charge in [-0.15, -0.1) is 0 Å². The second-order valence-corrected chi connectivity index (χ2v) is 38.1. The number of esters is 4. The van der Waals surface area contributed by atoms with Gasteiger partial charge in [-0.2, -0.15) is 0 Å². The largest absolute Gasteiger partial charge is 0.462 e. The first kappa shape index (κ1) is 125. The predicted molar refractivity (Wildman–Crippen MR) is 541 cm³/mol. The molecule has 122 heavy (non-hydrogen) atoms. The number of ether oxygens (including phenoxy) is 4. The van der Waals surface area contributed by atoms with Crippen LogP contribution >= 0.6 is 0 Å². The Morgan fingerprint density at radius 2 is 0.197 bits per heavy atom. The van der Waals surface area contributed by atoms with Gasteiger partial charge in [-0.05, 0) is 53.4 Å². The maximum atomic E-state index is 11.3. The lowest BCUT2D eigenvalue weighted by Gasteiger charge is -2.05. The summed E-state index contributed by atoms with van der Waals surface area (Å²) in [5, 5.41) is 0. The van der Waals surface area contributed by atoms with Crippen molar-refractivity contribution in [2.75, 3.05) is 26.4 Å². The SMILES string of the molecule is C=C(C)C(=O)OCCCCCCCCCCCCCCCCCCCCCCC.C=C(C)C(=O)OCCCCCCCCCCCCCCCCCCCCCCCC.C=C(C)C(=O)OCCCCCCCCCCCCCCCCCCCCCCCCC.C=C(C)C(=O)OCCCCCCCCCCCCCCCCCCCCCCCCCC. The highest BCUT2D eigenvalue weighted by Gasteiger charge is 2.08. The smallest absolute Gasteiger partial charge is 0.333 e. The molecule has 0 saturated heterocycles. The Balaban J connectivity index is -0.000000761. The third kappa shape index (κ3) is 119. The van der Waals surface area contributed by atoms with Gasteiger partial charge in [0, 0.05) is 22.3 Å². The van der Waals surface area contributed by atoms with E-state index in [1.165, 1.54) is 552 Å². The van der Waals surface area contributed by atoms with Crippen molar-refractivity contribution in [2.24, 2.45) is 0 Å². The van der Waals surface area contributed by atoms with E-state index in [2.05, 4.69) is 54.0 Å². The van der Waals surface area contributed by atoms with E-state index >= 15 is 0 Å². The van der Waals surface area contributed by atoms with Crippen molar-refractivity contribution in [3.8, 4) is 0 Å². The van der Waals surface area contributed by atoms with Crippen LogP contribution in [0.4, 0.5) is 0 Å². The summed E-state index contributed by atoms with van der Waals surface area (Å²) < 4.78 is 20.4. The minimum Gasteiger partial charge on any atom is -0.462 e. The Hall–Kier alpha value is -3.16. The average molecular weight is 1720 g/mol. The van der Waals surface area contributed by atoms with Gasteiger partial charge in [0.2, 0.25) is 0 Å². The van der Waals surface area contributed by atoms with Gasteiger partial charge < -0.3 is 18.9 Å². The van der Waals surface area contributed by atoms with Crippen LogP contribution in [-0.4, -0.2) is 50.3 Å². The van der Waals surface area contributed by atoms with E-state index in [-0.39, 0.29) is 23.9 Å². The van der Waals surface area contributed by atoms with Gasteiger partial charge in [0.15, 0.2) is 0 Å². The quantitative estimate of drug-likeness (QED) is 0.0257. The number of carbonyl (C=O) groups is 4. The summed E-state index contributed by atoms with van der Waals surface area (Å²) >= 11 is 0. The number of hydrogen-bond donors (Lipinski definition) is 0. The molecule has 0 heterocycles. The number of rotatable bonds is 98. The molecule has 0 aromatic rings. The highest BCUT2D eigenvalue weighted by atomic mass is 16.5. The lowest BCUT2D eigenvalue weighted by Crippen LogP contribution is -2.05. The van der Waals surface area contributed by atoms with E-state index in [4.69, 9.17) is 18.9 Å². The zero-order chi connectivity index (χ0) is 89.9. The number of unbranched alkanes of at least 4 members (excludes halogenated alkanes) is 86. The summed E-state index contributed by atoms with van der Waals surface area (Å²) in [6.07, 6.45) is 125. The zero-order valence-corrected chi connectivity index (χ0v) is 84.6. The number of hydrogen-bond acceptors (Lipinski definition) is 8. The molecule has 0 aliphatic heterocycles. The van der Waals surface area contributed by atoms with Crippen molar-refractivity contribution in [3.05, 3.63) is 48.6 Å². The van der Waals surface area contributed by atoms with E-state index in [0.29, 0.717) is 48.7 Å². The first-order valence-corrected chi connectivity index (χ1v) is 55.0. The van der Waals surface area contributed by atoms with Gasteiger partial charge in [-0.3, -0.25) is 0 Å². The Labute approximate surface area is 765 Å². The Kier molecular flexibility index (Phi) is 117. The second-order valence-electron chi connectivity index (χ2n) is 38.1. The Bertz CT molecular complexity index is 2110. The molecule has 0 unspecified atom stereocenters. The lowest BCUT2D eigenvalue weighted by atomic mass is 10.0. The molecule has 0 fully saturated rings. The molecule has 8 nitrogen and oxygen atoms in total. The van der Waals surface area contributed by atoms with Crippen molar-refractivity contribution in [1.82, 2.24) is 0 Å². The molecule has 0 spiro atoms. The molecule has 0 aromatic heterocycles. The van der Waals surface area contributed by atoms with Gasteiger partial charge in [0.05, 0.1) is 26.4 Å². The summed E-state index contributed by atoms with van der Waals surface area (Å²) in [4.78, 5) is 45.0. The van der Waals surface area contributed by atoms with E-state index in [1.807, 2.05) is 0 Å². The molecule has 0 saturated carbocycles. The molecule has 0 amide bonds. The fraction of sp³-hybridized carbons (Fsp3) is 0.895. The summed E-state index contributed by atoms with van der Waals surface area (Å²) in [6.45, 7) is 32.5. The van der Waals surface area contributed by atoms with E-state index in [0.717, 1.165) is 25.7 Å². The van der Waals surface area contributed by atoms with Crippen molar-refractivity contribution in [1.29, 1.82) is 0 Å². The molecule has 0 bridgehead atoms. The summed E-state index contributed by atoms with van der Waals surface area (Å²) in [7, 11) is 0. The van der Waals surface area contributed by atoms with Crippen molar-refractivity contribution >= 4 is 23.9 Å². The molecule has 0 aliphatic carbocycles. The van der Waals surface area contributed by atoms with E-state index < -0.39 is 0 Å². The van der Waals surface area contributed by atoms with Gasteiger partial charge in [0.1, 0.15) is 0 Å². The average Bonchev–Trinajstić information content (AvgIpc) is 1.03. The van der Waals surface area contributed by atoms with Gasteiger partial charge >= 0.3 is 23.9 Å². The van der Waals surface area contributed by atoms with Gasteiger partial charge in [-0.1, -0.05) is 606 Å². The van der Waals surface area contributed by atoms with Crippen LogP contribution in [-0.2, 0) is 38.1 Å². The van der Waals surface area contributed by atoms with Crippen LogP contribution in [0.15, 0.2) is 48.6 Å². The third-order valence-corrected chi connectivity index (χ3v) is 24.8. The third-order valence-electron chi connectivity index (χ3n) is 24.8. The van der Waals surface area contributed by atoms with Crippen LogP contribution in [0.1, 0.15) is 633 Å². The predicted octanol–water partition coefficient (Wildman–Crippen LogP) is 39.6. The Morgan fingerprint density at radius 1 is 0.131 bits per heavy atom. The molecule has 0 aliphatic rings. The molecule has 8 heteroatoms. The van der Waals surface area contributed by atoms with Crippen LogP contribution < -0.4 is 0 Å². The minimum absolute atomic E-state index is 0.251. The molecule has 0 radical (unpaired) electrons. The van der Waals surface area contributed by atoms with Crippen molar-refractivity contribution in [3.63, 3.8) is 0 Å². The fourth-order valence-electron chi connectivity index (χ4n) is 16.3. The van der Waals surface area contributed by atoms with E-state index in [1.54, 1.807) is 27.7 Å². The monoisotopic (exact) mass is 1720 g/mol. The van der Waals surface area contributed by atoms with E-state index in [9.17, 15) is 19.2 Å².